The SMILES string of the molecule is Cc1n[c-]on1.[Rh]. The molecule has 1 rings (SSSR count). The maximum atomic E-state index is 4.23. The summed E-state index contributed by atoms with van der Waals surface area (Å²) in [4.78, 5) is 3.51. The first-order valence-electron chi connectivity index (χ1n) is 1.56. The molecule has 1 heterocycles. The van der Waals surface area contributed by atoms with Crippen LogP contribution in [-0.2, 0) is 19.5 Å². The van der Waals surface area contributed by atoms with Crippen molar-refractivity contribution in [3.05, 3.63) is 12.2 Å². The van der Waals surface area contributed by atoms with Crippen LogP contribution in [0.15, 0.2) is 4.52 Å². The van der Waals surface area contributed by atoms with Gasteiger partial charge in [0.25, 0.3) is 0 Å². The summed E-state index contributed by atoms with van der Waals surface area (Å²) in [6, 6.07) is 0. The van der Waals surface area contributed by atoms with Gasteiger partial charge >= 0.3 is 0 Å². The van der Waals surface area contributed by atoms with Crippen LogP contribution in [0.5, 0.6) is 0 Å². The van der Waals surface area contributed by atoms with Crippen molar-refractivity contribution in [3.63, 3.8) is 0 Å². The number of hydrogen-bond donors (Lipinski definition) is 0. The molecule has 0 atom stereocenters. The van der Waals surface area contributed by atoms with Crippen LogP contribution in [0.25, 0.3) is 0 Å². The zero-order chi connectivity index (χ0) is 4.41. The molecule has 7 heavy (non-hydrogen) atoms. The molecular weight excluding hydrogens is 183 g/mol. The molecule has 0 bridgehead atoms. The predicted octanol–water partition coefficient (Wildman–Crippen LogP) is 0.176. The molecular formula is C3H3N2ORh-. The number of aryl methyl sites for hydroxylation is 1. The Balaban J connectivity index is 0.000000360. The molecule has 3 nitrogen and oxygen atoms in total. The summed E-state index contributed by atoms with van der Waals surface area (Å²) in [5.41, 5.74) is 0. The first-order chi connectivity index (χ1) is 2.89. The minimum Gasteiger partial charge on any atom is -0.459 e. The average molecular weight is 186 g/mol. The van der Waals surface area contributed by atoms with Gasteiger partial charge in [-0.15, -0.1) is 0 Å². The van der Waals surface area contributed by atoms with Gasteiger partial charge in [-0.25, -0.2) is 0 Å². The second-order valence-corrected chi connectivity index (χ2v) is 0.933. The summed E-state index contributed by atoms with van der Waals surface area (Å²) in [5, 5.41) is 3.38. The molecule has 0 saturated carbocycles. The molecule has 0 aliphatic carbocycles. The van der Waals surface area contributed by atoms with E-state index in [1.165, 1.54) is 0 Å². The summed E-state index contributed by atoms with van der Waals surface area (Å²) in [6.07, 6.45) is 2.19. The Labute approximate surface area is 53.9 Å². The average Bonchev–Trinajstić information content (AvgIpc) is 1.86. The zero-order valence-corrected chi connectivity index (χ0v) is 5.27. The van der Waals surface area contributed by atoms with E-state index in [1.807, 2.05) is 0 Å². The standard InChI is InChI=1S/C3H3N2O.Rh/c1-3-4-2-6-5-3;/h1H3;/q-1;. The Hall–Kier alpha value is -0.237. The monoisotopic (exact) mass is 186 g/mol. The molecule has 0 aliphatic rings. The molecule has 0 spiro atoms. The van der Waals surface area contributed by atoms with Crippen molar-refractivity contribution < 1.29 is 24.0 Å². The van der Waals surface area contributed by atoms with E-state index in [-0.39, 0.29) is 19.5 Å². The molecule has 0 aliphatic heterocycles. The van der Waals surface area contributed by atoms with E-state index in [2.05, 4.69) is 21.1 Å². The largest absolute Gasteiger partial charge is 0.459 e. The van der Waals surface area contributed by atoms with E-state index in [0.29, 0.717) is 5.82 Å². The van der Waals surface area contributed by atoms with Gasteiger partial charge < -0.3 is 9.51 Å². The fraction of sp³-hybridized carbons (Fsp3) is 0.333. The molecule has 4 heteroatoms. The van der Waals surface area contributed by atoms with Gasteiger partial charge in [0.2, 0.25) is 0 Å². The van der Waals surface area contributed by atoms with Gasteiger partial charge in [-0.1, -0.05) is 6.92 Å². The van der Waals surface area contributed by atoms with E-state index < -0.39 is 0 Å². The quantitative estimate of drug-likeness (QED) is 0.428. The van der Waals surface area contributed by atoms with Gasteiger partial charge in [-0.05, 0) is 0 Å². The number of nitrogens with zero attached hydrogens (tertiary/aromatic N) is 2. The Morgan fingerprint density at radius 3 is 2.57 bits per heavy atom. The number of rotatable bonds is 0. The van der Waals surface area contributed by atoms with Crippen LogP contribution in [0.1, 0.15) is 5.82 Å². The summed E-state index contributed by atoms with van der Waals surface area (Å²) in [6.45, 7) is 1.74. The van der Waals surface area contributed by atoms with Gasteiger partial charge in [-0.3, -0.25) is 0 Å². The third-order valence-corrected chi connectivity index (χ3v) is 0.426. The Bertz CT molecular complexity index is 116. The van der Waals surface area contributed by atoms with E-state index in [1.54, 1.807) is 6.92 Å². The van der Waals surface area contributed by atoms with Gasteiger partial charge in [0.15, 0.2) is 0 Å². The summed E-state index contributed by atoms with van der Waals surface area (Å²) >= 11 is 0. The van der Waals surface area contributed by atoms with Crippen molar-refractivity contribution in [2.75, 3.05) is 0 Å². The summed E-state index contributed by atoms with van der Waals surface area (Å²) in [5.74, 6) is 0.620. The topological polar surface area (TPSA) is 38.9 Å². The van der Waals surface area contributed by atoms with Crippen LogP contribution in [0.4, 0.5) is 0 Å². The fourth-order valence-electron chi connectivity index (χ4n) is 0.193. The van der Waals surface area contributed by atoms with Crippen LogP contribution in [-0.4, -0.2) is 10.1 Å². The van der Waals surface area contributed by atoms with Crippen LogP contribution in [0.2, 0.25) is 0 Å². The summed E-state index contributed by atoms with van der Waals surface area (Å²) < 4.78 is 4.23. The minimum atomic E-state index is 0. The molecule has 41 valence electrons. The van der Waals surface area contributed by atoms with Crippen LogP contribution >= 0.6 is 0 Å². The first kappa shape index (κ1) is 6.76. The van der Waals surface area contributed by atoms with Gasteiger partial charge in [0, 0.05) is 25.3 Å². The molecule has 1 aromatic rings. The van der Waals surface area contributed by atoms with E-state index >= 15 is 0 Å². The molecule has 0 fully saturated rings. The molecule has 0 N–H and O–H groups in total. The number of aromatic nitrogens is 2. The summed E-state index contributed by atoms with van der Waals surface area (Å²) in [7, 11) is 0. The number of hydrogen-bond acceptors (Lipinski definition) is 3. The van der Waals surface area contributed by atoms with E-state index in [0.717, 1.165) is 0 Å². The fourth-order valence-corrected chi connectivity index (χ4v) is 0.193. The van der Waals surface area contributed by atoms with E-state index in [9.17, 15) is 0 Å². The van der Waals surface area contributed by atoms with Crippen molar-refractivity contribution in [2.24, 2.45) is 0 Å². The molecule has 0 saturated heterocycles. The second kappa shape index (κ2) is 2.86. The molecule has 0 aromatic carbocycles. The minimum absolute atomic E-state index is 0. The van der Waals surface area contributed by atoms with Crippen LogP contribution in [0, 0.1) is 13.3 Å². The van der Waals surface area contributed by atoms with Gasteiger partial charge in [0.1, 0.15) is 0 Å². The second-order valence-electron chi connectivity index (χ2n) is 0.933. The van der Waals surface area contributed by atoms with Crippen molar-refractivity contribution in [3.8, 4) is 0 Å². The van der Waals surface area contributed by atoms with Crippen molar-refractivity contribution >= 4 is 0 Å². The first-order valence-corrected chi connectivity index (χ1v) is 1.56. The third-order valence-electron chi connectivity index (χ3n) is 0.426. The molecule has 0 unspecified atom stereocenters. The van der Waals surface area contributed by atoms with E-state index in [4.69, 9.17) is 0 Å². The molecule has 1 radical (unpaired) electrons. The normalized spacial score (nSPS) is 7.57. The van der Waals surface area contributed by atoms with Gasteiger partial charge in [0.05, 0.1) is 6.39 Å². The molecule has 1 aromatic heterocycles. The van der Waals surface area contributed by atoms with Crippen molar-refractivity contribution in [2.45, 2.75) is 6.92 Å². The van der Waals surface area contributed by atoms with Crippen molar-refractivity contribution in [1.82, 2.24) is 10.1 Å². The molecule has 0 amide bonds. The Morgan fingerprint density at radius 2 is 2.43 bits per heavy atom. The zero-order valence-electron chi connectivity index (χ0n) is 3.64. The maximum absolute atomic E-state index is 4.23. The predicted molar refractivity (Wildman–Crippen MR) is 17.9 cm³/mol. The Kier molecular flexibility index (Phi) is 2.76. The van der Waals surface area contributed by atoms with Crippen LogP contribution < -0.4 is 0 Å². The van der Waals surface area contributed by atoms with Crippen LogP contribution in [0.3, 0.4) is 0 Å². The smallest absolute Gasteiger partial charge is 0.0687 e. The third kappa shape index (κ3) is 1.78. The maximum Gasteiger partial charge on any atom is 0.0687 e. The van der Waals surface area contributed by atoms with Crippen molar-refractivity contribution in [1.29, 1.82) is 0 Å². The Morgan fingerprint density at radius 1 is 1.71 bits per heavy atom. The van der Waals surface area contributed by atoms with Gasteiger partial charge in [-0.2, -0.15) is 5.16 Å².